The lowest BCUT2D eigenvalue weighted by molar-refractivity contribution is -0.143. The molecule has 1 aromatic carbocycles. The van der Waals surface area contributed by atoms with Gasteiger partial charge in [0, 0.05) is 6.54 Å². The van der Waals surface area contributed by atoms with Gasteiger partial charge in [-0.3, -0.25) is 4.79 Å². The molecule has 11 heteroatoms. The van der Waals surface area contributed by atoms with Crippen molar-refractivity contribution in [3.8, 4) is 5.75 Å². The maximum absolute atomic E-state index is 11.4. The van der Waals surface area contributed by atoms with Crippen molar-refractivity contribution in [1.82, 2.24) is 5.32 Å². The minimum absolute atomic E-state index is 0. The highest BCUT2D eigenvalue weighted by Gasteiger charge is 2.32. The van der Waals surface area contributed by atoms with Gasteiger partial charge in [-0.15, -0.1) is 24.8 Å². The summed E-state index contributed by atoms with van der Waals surface area (Å²) in [5, 5.41) is 30.1. The summed E-state index contributed by atoms with van der Waals surface area (Å²) in [6.07, 6.45) is 1.91. The molecule has 0 saturated carbocycles. The number of carbonyl (C=O) groups is 1. The van der Waals surface area contributed by atoms with Crippen LogP contribution in [-0.2, 0) is 11.3 Å². The van der Waals surface area contributed by atoms with E-state index in [0.29, 0.717) is 38.8 Å². The average molecular weight is 429 g/mol. The van der Waals surface area contributed by atoms with Gasteiger partial charge in [-0.1, -0.05) is 25.0 Å². The quantitative estimate of drug-likeness (QED) is 0.241. The summed E-state index contributed by atoms with van der Waals surface area (Å²) < 4.78 is 5.09. The van der Waals surface area contributed by atoms with E-state index in [-0.39, 0.29) is 36.6 Å². The molecule has 0 spiro atoms. The number of carboxylic acid groups (broad SMARTS) is 1. The van der Waals surface area contributed by atoms with Gasteiger partial charge in [0.15, 0.2) is 0 Å². The van der Waals surface area contributed by atoms with Gasteiger partial charge in [0.25, 0.3) is 0 Å². The maximum Gasteiger partial charge on any atom is 0.451 e. The molecule has 27 heavy (non-hydrogen) atoms. The van der Waals surface area contributed by atoms with Crippen LogP contribution in [0.3, 0.4) is 0 Å². The summed E-state index contributed by atoms with van der Waals surface area (Å²) in [6.45, 7) is 1.11. The molecule has 0 heterocycles. The van der Waals surface area contributed by atoms with Crippen LogP contribution in [0.4, 0.5) is 0 Å². The molecule has 0 aliphatic rings. The van der Waals surface area contributed by atoms with Gasteiger partial charge in [0.1, 0.15) is 11.3 Å². The van der Waals surface area contributed by atoms with Gasteiger partial charge in [-0.2, -0.15) is 0 Å². The molecule has 8 nitrogen and oxygen atoms in total. The molecular weight excluding hydrogens is 398 g/mol. The van der Waals surface area contributed by atoms with Crippen LogP contribution in [0.1, 0.15) is 31.2 Å². The number of halogens is 2. The van der Waals surface area contributed by atoms with Crippen molar-refractivity contribution in [2.45, 2.75) is 44.1 Å². The average Bonchev–Trinajstić information content (AvgIpc) is 2.56. The van der Waals surface area contributed by atoms with E-state index in [9.17, 15) is 9.90 Å². The Morgan fingerprint density at radius 2 is 1.78 bits per heavy atom. The van der Waals surface area contributed by atoms with Crippen molar-refractivity contribution in [3.63, 3.8) is 0 Å². The number of nitrogens with two attached hydrogens (primary N) is 1. The summed E-state index contributed by atoms with van der Waals surface area (Å²) in [5.74, 6) is -0.239. The number of methoxy groups -OCH3 is 1. The van der Waals surface area contributed by atoms with Gasteiger partial charge in [0.2, 0.25) is 0 Å². The number of hydrogen-bond acceptors (Lipinski definition) is 6. The van der Waals surface area contributed by atoms with Crippen LogP contribution in [0.2, 0.25) is 6.32 Å². The predicted octanol–water partition coefficient (Wildman–Crippen LogP) is 0.619. The number of unbranched alkanes of at least 4 members (excludes halogenated alkanes) is 1. The Morgan fingerprint density at radius 1 is 1.19 bits per heavy atom. The normalized spacial score (nSPS) is 11.9. The molecule has 1 aromatic rings. The number of hydrogen-bond donors (Lipinski definition) is 5. The number of nitrogens with one attached hydrogen (secondary N) is 1. The zero-order chi connectivity index (χ0) is 18.0. The fourth-order valence-electron chi connectivity index (χ4n) is 2.39. The lowest BCUT2D eigenvalue weighted by Gasteiger charge is -2.25. The number of carboxylic acids is 1. The second kappa shape index (κ2) is 15.9. The van der Waals surface area contributed by atoms with Crippen LogP contribution in [0.5, 0.6) is 5.75 Å². The van der Waals surface area contributed by atoms with E-state index in [2.05, 4.69) is 5.32 Å². The Kier molecular flexibility index (Phi) is 18.1. The smallest absolute Gasteiger partial charge is 0.451 e. The van der Waals surface area contributed by atoms with Crippen LogP contribution in [-0.4, -0.2) is 52.9 Å². The van der Waals surface area contributed by atoms with Gasteiger partial charge in [-0.05, 0) is 43.4 Å². The largest absolute Gasteiger partial charge is 0.497 e. The molecule has 8 N–H and O–H groups in total. The van der Waals surface area contributed by atoms with E-state index < -0.39 is 18.6 Å². The lowest BCUT2D eigenvalue weighted by Crippen LogP contribution is -2.49. The molecular formula is C16H31BCl2N2O6. The number of benzene rings is 1. The molecule has 0 aliphatic carbocycles. The first-order valence-electron chi connectivity index (χ1n) is 8.09. The van der Waals surface area contributed by atoms with Crippen LogP contribution < -0.4 is 15.8 Å². The third-order valence-electron chi connectivity index (χ3n) is 4.00. The zero-order valence-electron chi connectivity index (χ0n) is 15.4. The Bertz CT molecular complexity index is 510. The Hall–Kier alpha value is -1.07. The highest BCUT2D eigenvalue weighted by molar-refractivity contribution is 6.40. The van der Waals surface area contributed by atoms with E-state index in [1.807, 2.05) is 24.3 Å². The highest BCUT2D eigenvalue weighted by Crippen LogP contribution is 2.17. The van der Waals surface area contributed by atoms with Crippen molar-refractivity contribution < 1.29 is 30.2 Å². The van der Waals surface area contributed by atoms with Crippen LogP contribution in [0, 0.1) is 0 Å². The van der Waals surface area contributed by atoms with Gasteiger partial charge < -0.3 is 36.4 Å². The zero-order valence-corrected chi connectivity index (χ0v) is 17.0. The van der Waals surface area contributed by atoms with E-state index in [1.54, 1.807) is 7.11 Å². The first-order chi connectivity index (χ1) is 11.4. The molecule has 1 atom stereocenters. The van der Waals surface area contributed by atoms with Crippen LogP contribution in [0.25, 0.3) is 0 Å². The van der Waals surface area contributed by atoms with Gasteiger partial charge >= 0.3 is 13.1 Å². The fourth-order valence-corrected chi connectivity index (χ4v) is 2.39. The number of rotatable bonds is 12. The summed E-state index contributed by atoms with van der Waals surface area (Å²) >= 11 is 0. The molecule has 0 amide bonds. The molecule has 0 fully saturated rings. The van der Waals surface area contributed by atoms with Crippen molar-refractivity contribution in [2.75, 3.05) is 13.7 Å². The van der Waals surface area contributed by atoms with E-state index >= 15 is 0 Å². The fraction of sp³-hybridized carbons (Fsp3) is 0.562. The monoisotopic (exact) mass is 428 g/mol. The van der Waals surface area contributed by atoms with Gasteiger partial charge in [0.05, 0.1) is 7.11 Å². The van der Waals surface area contributed by atoms with Crippen LogP contribution >= 0.6 is 24.8 Å². The molecule has 1 rings (SSSR count). The van der Waals surface area contributed by atoms with Crippen molar-refractivity contribution in [2.24, 2.45) is 5.73 Å². The molecule has 0 bridgehead atoms. The topological polar surface area (TPSA) is 157 Å². The molecule has 1 unspecified atom stereocenters. The molecule has 158 valence electrons. The van der Waals surface area contributed by atoms with E-state index in [1.165, 1.54) is 0 Å². The number of aliphatic carboxylic acids is 1. The Morgan fingerprint density at radius 3 is 2.26 bits per heavy atom. The first kappa shape index (κ1) is 30.7. The minimum Gasteiger partial charge on any atom is -0.497 e. The standard InChI is InChI=1S/C16H27BN2O5.2ClH.H2O/c1-24-14-6-4-13(5-7-14)12-19-11-9-16(18,15(20)21)8-2-3-10-17(22)23;;;/h4-7,19,22-23H,2-3,8-12,18H2,1H3,(H,20,21);2*1H;1H2. The highest BCUT2D eigenvalue weighted by atomic mass is 35.5. The minimum atomic E-state index is -1.35. The van der Waals surface area contributed by atoms with Crippen LogP contribution in [0.15, 0.2) is 24.3 Å². The molecule has 0 saturated heterocycles. The molecule has 0 aliphatic heterocycles. The predicted molar refractivity (Wildman–Crippen MR) is 111 cm³/mol. The van der Waals surface area contributed by atoms with Crippen molar-refractivity contribution in [3.05, 3.63) is 29.8 Å². The van der Waals surface area contributed by atoms with E-state index in [0.717, 1.165) is 11.3 Å². The summed E-state index contributed by atoms with van der Waals surface area (Å²) in [7, 11) is 0.259. The van der Waals surface area contributed by atoms with E-state index in [4.69, 9.17) is 20.5 Å². The second-order valence-electron chi connectivity index (χ2n) is 5.96. The van der Waals surface area contributed by atoms with Crippen molar-refractivity contribution in [1.29, 1.82) is 0 Å². The molecule has 0 aromatic heterocycles. The lowest BCUT2D eigenvalue weighted by atomic mass is 9.81. The SMILES string of the molecule is COc1ccc(CNCCC(N)(CCCCB(O)O)C(=O)O)cc1.Cl.Cl.O. The summed E-state index contributed by atoms with van der Waals surface area (Å²) in [6, 6.07) is 7.63. The summed E-state index contributed by atoms with van der Waals surface area (Å²) in [5.41, 5.74) is 5.77. The summed E-state index contributed by atoms with van der Waals surface area (Å²) in [4.78, 5) is 11.4. The Labute approximate surface area is 172 Å². The third kappa shape index (κ3) is 12.1. The third-order valence-corrected chi connectivity index (χ3v) is 4.00. The number of ether oxygens (including phenoxy) is 1. The van der Waals surface area contributed by atoms with Gasteiger partial charge in [-0.25, -0.2) is 0 Å². The second-order valence-corrected chi connectivity index (χ2v) is 5.96. The maximum atomic E-state index is 11.4. The first-order valence-corrected chi connectivity index (χ1v) is 8.09. The molecule has 0 radical (unpaired) electrons. The van der Waals surface area contributed by atoms with Crippen molar-refractivity contribution >= 4 is 37.9 Å². The Balaban J connectivity index is -0.00000192.